The number of aromatic carboxylic acids is 1. The fraction of sp³-hybridized carbons (Fsp3) is 0.417. The third-order valence-corrected chi connectivity index (χ3v) is 2.99. The first-order valence-electron chi connectivity index (χ1n) is 5.51. The van der Waals surface area contributed by atoms with E-state index in [1.54, 1.807) is 0 Å². The van der Waals surface area contributed by atoms with Gasteiger partial charge in [-0.15, -0.1) is 0 Å². The van der Waals surface area contributed by atoms with Crippen molar-refractivity contribution in [2.24, 2.45) is 0 Å². The summed E-state index contributed by atoms with van der Waals surface area (Å²) in [6.45, 7) is -2.06. The minimum atomic E-state index is -4.02. The Labute approximate surface area is 106 Å². The van der Waals surface area contributed by atoms with E-state index >= 15 is 0 Å². The van der Waals surface area contributed by atoms with E-state index in [9.17, 15) is 22.4 Å². The monoisotopic (exact) mass is 277 g/mol. The lowest BCUT2D eigenvalue weighted by atomic mass is 10.1. The van der Waals surface area contributed by atoms with E-state index in [0.717, 1.165) is 4.90 Å². The molecule has 0 bridgehead atoms. The van der Waals surface area contributed by atoms with E-state index < -0.39 is 30.9 Å². The Morgan fingerprint density at radius 2 is 1.58 bits per heavy atom. The van der Waals surface area contributed by atoms with Crippen molar-refractivity contribution in [3.05, 3.63) is 35.4 Å². The third-order valence-electron chi connectivity index (χ3n) is 2.99. The van der Waals surface area contributed by atoms with Gasteiger partial charge >= 0.3 is 17.8 Å². The van der Waals surface area contributed by atoms with Gasteiger partial charge in [0.2, 0.25) is 0 Å². The van der Waals surface area contributed by atoms with Gasteiger partial charge in [-0.25, -0.2) is 4.79 Å². The number of nitrogens with zero attached hydrogens (tertiary/aromatic N) is 1. The van der Waals surface area contributed by atoms with Gasteiger partial charge in [-0.2, -0.15) is 17.6 Å². The molecule has 1 aromatic carbocycles. The SMILES string of the molecule is O=C(O)c1ccc(CN2CC(F)(F)C(F)(F)C2)cc1. The van der Waals surface area contributed by atoms with Crippen LogP contribution in [0.15, 0.2) is 24.3 Å². The summed E-state index contributed by atoms with van der Waals surface area (Å²) in [7, 11) is 0. The molecule has 0 spiro atoms. The highest BCUT2D eigenvalue weighted by atomic mass is 19.3. The van der Waals surface area contributed by atoms with Crippen LogP contribution in [-0.4, -0.2) is 40.9 Å². The van der Waals surface area contributed by atoms with E-state index in [4.69, 9.17) is 5.11 Å². The third kappa shape index (κ3) is 2.70. The van der Waals surface area contributed by atoms with Crippen molar-refractivity contribution in [2.75, 3.05) is 13.1 Å². The van der Waals surface area contributed by atoms with Crippen molar-refractivity contribution >= 4 is 5.97 Å². The molecule has 1 aliphatic rings. The maximum Gasteiger partial charge on any atom is 0.335 e. The quantitative estimate of drug-likeness (QED) is 0.863. The number of carbonyl (C=O) groups is 1. The molecule has 1 saturated heterocycles. The molecule has 0 aromatic heterocycles. The van der Waals surface area contributed by atoms with Crippen molar-refractivity contribution in [1.29, 1.82) is 0 Å². The molecule has 1 aromatic rings. The van der Waals surface area contributed by atoms with Gasteiger partial charge in [0.1, 0.15) is 0 Å². The predicted molar refractivity (Wildman–Crippen MR) is 58.6 cm³/mol. The lowest BCUT2D eigenvalue weighted by molar-refractivity contribution is -0.172. The summed E-state index contributed by atoms with van der Waals surface area (Å²) in [4.78, 5) is 11.6. The van der Waals surface area contributed by atoms with E-state index in [-0.39, 0.29) is 12.1 Å². The number of carboxylic acids is 1. The summed E-state index contributed by atoms with van der Waals surface area (Å²) in [5, 5.41) is 8.69. The van der Waals surface area contributed by atoms with Crippen molar-refractivity contribution in [2.45, 2.75) is 18.4 Å². The fourth-order valence-electron chi connectivity index (χ4n) is 1.97. The van der Waals surface area contributed by atoms with E-state index in [1.807, 2.05) is 0 Å². The Morgan fingerprint density at radius 3 is 2.00 bits per heavy atom. The van der Waals surface area contributed by atoms with Crippen LogP contribution in [0.5, 0.6) is 0 Å². The van der Waals surface area contributed by atoms with Gasteiger partial charge in [-0.1, -0.05) is 12.1 Å². The fourth-order valence-corrected chi connectivity index (χ4v) is 1.97. The molecule has 0 radical (unpaired) electrons. The molecule has 1 heterocycles. The van der Waals surface area contributed by atoms with Gasteiger partial charge in [0.05, 0.1) is 18.7 Å². The molecule has 3 nitrogen and oxygen atoms in total. The van der Waals surface area contributed by atoms with Crippen LogP contribution in [0, 0.1) is 0 Å². The normalized spacial score (nSPS) is 21.5. The van der Waals surface area contributed by atoms with Crippen LogP contribution < -0.4 is 0 Å². The van der Waals surface area contributed by atoms with Gasteiger partial charge < -0.3 is 5.11 Å². The zero-order chi connectivity index (χ0) is 14.3. The maximum absolute atomic E-state index is 13.0. The highest BCUT2D eigenvalue weighted by Crippen LogP contribution is 2.41. The topological polar surface area (TPSA) is 40.5 Å². The molecular formula is C12H11F4NO2. The first-order valence-corrected chi connectivity index (χ1v) is 5.51. The lowest BCUT2D eigenvalue weighted by Crippen LogP contribution is -2.38. The number of carboxylic acid groups (broad SMARTS) is 1. The molecule has 1 N–H and O–H groups in total. The minimum Gasteiger partial charge on any atom is -0.478 e. The summed E-state index contributed by atoms with van der Waals surface area (Å²) >= 11 is 0. The molecular weight excluding hydrogens is 266 g/mol. The van der Waals surface area contributed by atoms with Crippen molar-refractivity contribution in [1.82, 2.24) is 4.90 Å². The second-order valence-electron chi connectivity index (χ2n) is 4.56. The first-order chi connectivity index (χ1) is 8.71. The summed E-state index contributed by atoms with van der Waals surface area (Å²) in [6.07, 6.45) is 0. The van der Waals surface area contributed by atoms with Gasteiger partial charge in [0.25, 0.3) is 0 Å². The van der Waals surface area contributed by atoms with Crippen LogP contribution in [-0.2, 0) is 6.54 Å². The van der Waals surface area contributed by atoms with E-state index in [1.165, 1.54) is 24.3 Å². The van der Waals surface area contributed by atoms with Crippen molar-refractivity contribution in [3.8, 4) is 0 Å². The smallest absolute Gasteiger partial charge is 0.335 e. The van der Waals surface area contributed by atoms with E-state index in [0.29, 0.717) is 5.56 Å². The number of hydrogen-bond acceptors (Lipinski definition) is 2. The second-order valence-corrected chi connectivity index (χ2v) is 4.56. The molecule has 0 atom stereocenters. The van der Waals surface area contributed by atoms with Crippen molar-refractivity contribution in [3.63, 3.8) is 0 Å². The zero-order valence-corrected chi connectivity index (χ0v) is 9.75. The number of benzene rings is 1. The summed E-state index contributed by atoms with van der Waals surface area (Å²) in [6, 6.07) is 5.48. The molecule has 7 heteroatoms. The molecule has 19 heavy (non-hydrogen) atoms. The van der Waals surface area contributed by atoms with Crippen LogP contribution in [0.4, 0.5) is 17.6 Å². The minimum absolute atomic E-state index is 0.0563. The largest absolute Gasteiger partial charge is 0.478 e. The Morgan fingerprint density at radius 1 is 1.11 bits per heavy atom. The summed E-state index contributed by atoms with van der Waals surface area (Å²) < 4.78 is 51.9. The average molecular weight is 277 g/mol. The highest BCUT2D eigenvalue weighted by Gasteiger charge is 2.62. The molecule has 104 valence electrons. The zero-order valence-electron chi connectivity index (χ0n) is 9.75. The standard InChI is InChI=1S/C12H11F4NO2/c13-11(14)6-17(7-12(11,15)16)5-8-1-3-9(4-2-8)10(18)19/h1-4H,5-7H2,(H,18,19). The van der Waals surface area contributed by atoms with Gasteiger partial charge in [-0.3, -0.25) is 4.90 Å². The number of halogens is 4. The Balaban J connectivity index is 2.05. The number of hydrogen-bond donors (Lipinski definition) is 1. The number of alkyl halides is 4. The maximum atomic E-state index is 13.0. The molecule has 1 aliphatic heterocycles. The lowest BCUT2D eigenvalue weighted by Gasteiger charge is -2.15. The van der Waals surface area contributed by atoms with Gasteiger partial charge in [-0.05, 0) is 17.7 Å². The van der Waals surface area contributed by atoms with E-state index in [2.05, 4.69) is 0 Å². The van der Waals surface area contributed by atoms with Crippen LogP contribution in [0.1, 0.15) is 15.9 Å². The second kappa shape index (κ2) is 4.48. The molecule has 1 fully saturated rings. The Hall–Kier alpha value is -1.63. The van der Waals surface area contributed by atoms with Gasteiger partial charge in [0, 0.05) is 6.54 Å². The van der Waals surface area contributed by atoms with Crippen LogP contribution in [0.2, 0.25) is 0 Å². The molecule has 0 saturated carbocycles. The van der Waals surface area contributed by atoms with Crippen LogP contribution in [0.3, 0.4) is 0 Å². The molecule has 0 amide bonds. The summed E-state index contributed by atoms with van der Waals surface area (Å²) in [5.41, 5.74) is 0.569. The average Bonchev–Trinajstić information content (AvgIpc) is 2.47. The molecule has 0 aliphatic carbocycles. The number of rotatable bonds is 3. The number of likely N-dealkylation sites (tertiary alicyclic amines) is 1. The molecule has 0 unspecified atom stereocenters. The first kappa shape index (κ1) is 13.8. The van der Waals surface area contributed by atoms with Crippen LogP contribution in [0.25, 0.3) is 0 Å². The Bertz CT molecular complexity index is 471. The Kier molecular flexibility index (Phi) is 3.25. The summed E-state index contributed by atoms with van der Waals surface area (Å²) in [5.74, 6) is -9.15. The molecule has 2 rings (SSSR count). The highest BCUT2D eigenvalue weighted by molar-refractivity contribution is 5.87. The van der Waals surface area contributed by atoms with Crippen molar-refractivity contribution < 1.29 is 27.5 Å². The predicted octanol–water partition coefficient (Wildman–Crippen LogP) is 2.47. The van der Waals surface area contributed by atoms with Gasteiger partial charge in [0.15, 0.2) is 0 Å². The van der Waals surface area contributed by atoms with Crippen LogP contribution >= 0.6 is 0 Å².